The van der Waals surface area contributed by atoms with Gasteiger partial charge in [0.05, 0.1) is 7.11 Å². The van der Waals surface area contributed by atoms with Gasteiger partial charge in [-0.1, -0.05) is 29.8 Å². The maximum atomic E-state index is 14.1. The van der Waals surface area contributed by atoms with Crippen molar-refractivity contribution in [3.8, 4) is 0 Å². The van der Waals surface area contributed by atoms with Crippen LogP contribution in [-0.2, 0) is 24.3 Å². The maximum absolute atomic E-state index is 14.1. The van der Waals surface area contributed by atoms with Crippen molar-refractivity contribution in [1.82, 2.24) is 0 Å². The number of halogens is 1. The molecule has 8 nitrogen and oxygen atoms in total. The van der Waals surface area contributed by atoms with Crippen LogP contribution in [0, 0.1) is 5.92 Å². The monoisotopic (exact) mass is 535 g/mol. The van der Waals surface area contributed by atoms with Gasteiger partial charge in [-0.2, -0.15) is 13.2 Å². The number of carbonyl (C=O) groups excluding carboxylic acids is 2. The summed E-state index contributed by atoms with van der Waals surface area (Å²) < 4.78 is 38.4. The van der Waals surface area contributed by atoms with Crippen molar-refractivity contribution in [3.05, 3.63) is 28.7 Å². The molecule has 2 atom stereocenters. The van der Waals surface area contributed by atoms with Gasteiger partial charge in [0.2, 0.25) is 6.04 Å². The van der Waals surface area contributed by atoms with E-state index >= 15 is 0 Å². The number of benzene rings is 1. The van der Waals surface area contributed by atoms with Crippen molar-refractivity contribution < 1.29 is 31.4 Å². The summed E-state index contributed by atoms with van der Waals surface area (Å²) in [7, 11) is -3.24. The van der Waals surface area contributed by atoms with Crippen molar-refractivity contribution in [2.45, 2.75) is 70.4 Å². The number of nitrogens with two attached hydrogens (primary N) is 1. The topological polar surface area (TPSA) is 113 Å². The Labute approximate surface area is 200 Å². The molecule has 2 N–H and O–H groups in total. The summed E-state index contributed by atoms with van der Waals surface area (Å²) >= 11 is 3.30. The van der Waals surface area contributed by atoms with Gasteiger partial charge in [-0.3, -0.25) is 0 Å². The van der Waals surface area contributed by atoms with Crippen LogP contribution in [0.2, 0.25) is 0 Å². The van der Waals surface area contributed by atoms with Crippen LogP contribution in [-0.4, -0.2) is 56.2 Å². The highest BCUT2D eigenvalue weighted by molar-refractivity contribution is 9.10. The van der Waals surface area contributed by atoms with Gasteiger partial charge in [0, 0.05) is 16.8 Å². The molecule has 0 fully saturated rings. The lowest BCUT2D eigenvalue weighted by atomic mass is 10.1. The molecule has 0 aliphatic carbocycles. The van der Waals surface area contributed by atoms with Crippen molar-refractivity contribution >= 4 is 38.0 Å². The lowest BCUT2D eigenvalue weighted by Gasteiger charge is -2.40. The number of amides is 1. The average Bonchev–Trinajstić information content (AvgIpc) is 2.68. The number of carbonyl (C=O) groups is 2. The van der Waals surface area contributed by atoms with E-state index in [4.69, 9.17) is 15.2 Å². The quantitative estimate of drug-likeness (QED) is 0.271. The Kier molecular flexibility index (Phi) is 10.3. The molecule has 32 heavy (non-hydrogen) atoms. The van der Waals surface area contributed by atoms with E-state index in [9.17, 15) is 18.0 Å². The predicted octanol–water partition coefficient (Wildman–Crippen LogP) is 4.22. The van der Waals surface area contributed by atoms with Crippen LogP contribution in [0.3, 0.4) is 0 Å². The zero-order valence-corrected chi connectivity index (χ0v) is 22.2. The fourth-order valence-electron chi connectivity index (χ4n) is 3.48. The fourth-order valence-corrected chi connectivity index (χ4v) is 5.86. The van der Waals surface area contributed by atoms with Gasteiger partial charge >= 0.3 is 22.1 Å². The molecular formula is C22H36BrN2O6S+. The SMILES string of the molecule is COC(=O)[C@H](CCCCN)[N+](CC(C)C)(C(=O)OC(C)(C)C)S(=O)(=O)c1ccc(Br)cc1. The molecule has 0 saturated carbocycles. The highest BCUT2D eigenvalue weighted by Gasteiger charge is 2.61. The molecule has 182 valence electrons. The van der Waals surface area contributed by atoms with Gasteiger partial charge < -0.3 is 15.2 Å². The summed E-state index contributed by atoms with van der Waals surface area (Å²) in [4.78, 5) is 26.6. The molecule has 0 saturated heterocycles. The second kappa shape index (κ2) is 11.6. The van der Waals surface area contributed by atoms with Gasteiger partial charge in [-0.05, 0) is 64.4 Å². The summed E-state index contributed by atoms with van der Waals surface area (Å²) in [6, 6.07) is 4.66. The highest BCUT2D eigenvalue weighted by Crippen LogP contribution is 2.35. The number of ether oxygens (including phenoxy) is 2. The van der Waals surface area contributed by atoms with Crippen LogP contribution in [0.4, 0.5) is 4.79 Å². The second-order valence-electron chi connectivity index (χ2n) is 9.10. The summed E-state index contributed by atoms with van der Waals surface area (Å²) in [5.41, 5.74) is 4.64. The van der Waals surface area contributed by atoms with E-state index in [1.54, 1.807) is 46.8 Å². The molecule has 0 radical (unpaired) electrons. The van der Waals surface area contributed by atoms with Crippen molar-refractivity contribution in [2.24, 2.45) is 11.7 Å². The molecule has 0 aromatic heterocycles. The molecule has 0 aliphatic heterocycles. The standard InChI is InChI=1S/C22H36BrN2O6S/c1-16(2)15-25(21(27)31-22(3,4)5,19(20(26)30-6)9-7-8-14-24)32(28,29)18-12-10-17(23)11-13-18/h10-13,16,19H,7-9,14-15,24H2,1-6H3/q+1/t19-,25?/m0/s1. The van der Waals surface area contributed by atoms with Gasteiger partial charge in [-0.15, -0.1) is 3.89 Å². The minimum Gasteiger partial charge on any atom is -0.465 e. The third-order valence-corrected chi connectivity index (χ3v) is 7.59. The minimum atomic E-state index is -4.43. The second-order valence-corrected chi connectivity index (χ2v) is 12.1. The van der Waals surface area contributed by atoms with Gasteiger partial charge in [0.1, 0.15) is 17.0 Å². The summed E-state index contributed by atoms with van der Waals surface area (Å²) in [6.45, 7) is 8.78. The molecule has 0 spiro atoms. The van der Waals surface area contributed by atoms with E-state index in [1.165, 1.54) is 19.2 Å². The van der Waals surface area contributed by atoms with Crippen LogP contribution in [0.1, 0.15) is 53.9 Å². The van der Waals surface area contributed by atoms with E-state index in [2.05, 4.69) is 15.9 Å². The Hall–Kier alpha value is -1.49. The first-order chi connectivity index (χ1) is 14.7. The normalized spacial score (nSPS) is 15.2. The number of sulfonamides is 1. The summed E-state index contributed by atoms with van der Waals surface area (Å²) in [5, 5.41) is 0. The number of unbranched alkanes of at least 4 members (excludes halogenated alkanes) is 1. The number of hydrogen-bond acceptors (Lipinski definition) is 7. The van der Waals surface area contributed by atoms with Crippen molar-refractivity contribution in [1.29, 1.82) is 0 Å². The molecular weight excluding hydrogens is 500 g/mol. The Morgan fingerprint density at radius 3 is 2.12 bits per heavy atom. The lowest BCUT2D eigenvalue weighted by Crippen LogP contribution is -2.67. The van der Waals surface area contributed by atoms with E-state index in [0.717, 1.165) is 0 Å². The molecule has 1 aromatic rings. The number of esters is 1. The number of rotatable bonds is 10. The largest absolute Gasteiger partial charge is 0.533 e. The third kappa shape index (κ3) is 6.76. The van der Waals surface area contributed by atoms with E-state index in [0.29, 0.717) is 23.9 Å². The Morgan fingerprint density at radius 1 is 1.12 bits per heavy atom. The molecule has 1 aromatic carbocycles. The van der Waals surface area contributed by atoms with E-state index < -0.39 is 37.6 Å². The Bertz CT molecular complexity index is 881. The molecule has 0 heterocycles. The van der Waals surface area contributed by atoms with Gasteiger partial charge in [-0.25, -0.2) is 4.79 Å². The Morgan fingerprint density at radius 2 is 1.69 bits per heavy atom. The summed E-state index contributed by atoms with van der Waals surface area (Å²) in [6.07, 6.45) is 0.123. The molecule has 1 rings (SSSR count). The first-order valence-corrected chi connectivity index (χ1v) is 12.9. The minimum absolute atomic E-state index is 0.0834. The molecule has 1 amide bonds. The first-order valence-electron chi connectivity index (χ1n) is 10.6. The number of hydrogen-bond donors (Lipinski definition) is 1. The highest BCUT2D eigenvalue weighted by atomic mass is 79.9. The first kappa shape index (κ1) is 28.5. The van der Waals surface area contributed by atoms with Crippen LogP contribution in [0.25, 0.3) is 0 Å². The van der Waals surface area contributed by atoms with Crippen LogP contribution in [0.5, 0.6) is 0 Å². The molecule has 10 heteroatoms. The fraction of sp³-hybridized carbons (Fsp3) is 0.636. The zero-order chi connectivity index (χ0) is 24.7. The predicted molar refractivity (Wildman–Crippen MR) is 126 cm³/mol. The summed E-state index contributed by atoms with van der Waals surface area (Å²) in [5.74, 6) is -1.04. The number of nitrogens with zero attached hydrogens (tertiary/aromatic N) is 1. The van der Waals surface area contributed by atoms with Crippen LogP contribution >= 0.6 is 15.9 Å². The van der Waals surface area contributed by atoms with Gasteiger partial charge in [0.15, 0.2) is 0 Å². The van der Waals surface area contributed by atoms with Crippen molar-refractivity contribution in [2.75, 3.05) is 20.2 Å². The van der Waals surface area contributed by atoms with E-state index in [1.807, 2.05) is 0 Å². The molecule has 1 unspecified atom stereocenters. The smallest absolute Gasteiger partial charge is 0.465 e. The van der Waals surface area contributed by atoms with Crippen molar-refractivity contribution in [3.63, 3.8) is 0 Å². The molecule has 0 bridgehead atoms. The lowest BCUT2D eigenvalue weighted by molar-refractivity contribution is -0.757. The third-order valence-electron chi connectivity index (χ3n) is 4.79. The number of methoxy groups -OCH3 is 1. The average molecular weight is 537 g/mol. The van der Waals surface area contributed by atoms with Crippen LogP contribution in [0.15, 0.2) is 33.6 Å². The Balaban J connectivity index is 3.91. The number of quaternary nitrogens is 1. The van der Waals surface area contributed by atoms with Gasteiger partial charge in [0.25, 0.3) is 0 Å². The van der Waals surface area contributed by atoms with Crippen LogP contribution < -0.4 is 5.73 Å². The maximum Gasteiger partial charge on any atom is 0.533 e. The zero-order valence-electron chi connectivity index (χ0n) is 19.8. The van der Waals surface area contributed by atoms with E-state index in [-0.39, 0.29) is 23.8 Å². The molecule has 0 aliphatic rings.